The van der Waals surface area contributed by atoms with Gasteiger partial charge in [-0.25, -0.2) is 0 Å². The molecule has 0 amide bonds. The highest BCUT2D eigenvalue weighted by atomic mass is 79.9. The Balaban J connectivity index is 2.02. The van der Waals surface area contributed by atoms with Gasteiger partial charge < -0.3 is 9.47 Å². The lowest BCUT2D eigenvalue weighted by Gasteiger charge is -2.11. The van der Waals surface area contributed by atoms with Gasteiger partial charge in [-0.15, -0.1) is 0 Å². The summed E-state index contributed by atoms with van der Waals surface area (Å²) in [6.07, 6.45) is 0. The molecule has 0 N–H and O–H groups in total. The number of thioether (sulfide) groups is 1. The molecule has 0 aliphatic heterocycles. The maximum Gasteiger partial charge on any atom is 0.124 e. The number of hydrogen-bond donors (Lipinski definition) is 0. The van der Waals surface area contributed by atoms with Crippen molar-refractivity contribution in [2.45, 2.75) is 11.5 Å². The van der Waals surface area contributed by atoms with Gasteiger partial charge >= 0.3 is 0 Å². The first-order chi connectivity index (χ1) is 10.1. The molecule has 5 heteroatoms. The minimum atomic E-state index is 0.898. The summed E-state index contributed by atoms with van der Waals surface area (Å²) in [7, 11) is 3.40. The van der Waals surface area contributed by atoms with Crippen molar-refractivity contribution < 1.29 is 9.47 Å². The second-order valence-corrected chi connectivity index (χ2v) is 7.22. The molecule has 0 spiro atoms. The van der Waals surface area contributed by atoms with E-state index in [-0.39, 0.29) is 0 Å². The second kappa shape index (κ2) is 8.11. The number of hydrogen-bond acceptors (Lipinski definition) is 3. The molecule has 0 heterocycles. The van der Waals surface area contributed by atoms with Crippen LogP contribution in [0.2, 0.25) is 0 Å². The molecule has 0 saturated carbocycles. The van der Waals surface area contributed by atoms with E-state index >= 15 is 0 Å². The summed E-state index contributed by atoms with van der Waals surface area (Å²) in [6, 6.07) is 12.3. The first-order valence-electron chi connectivity index (χ1n) is 6.36. The molecule has 0 aromatic heterocycles. The quantitative estimate of drug-likeness (QED) is 0.587. The number of benzene rings is 2. The predicted octanol–water partition coefficient (Wildman–Crippen LogP) is 5.66. The van der Waals surface area contributed by atoms with Crippen LogP contribution < -0.4 is 9.47 Å². The molecule has 2 rings (SSSR count). The summed E-state index contributed by atoms with van der Waals surface area (Å²) in [5.41, 5.74) is 2.39. The molecular formula is C16H16Br2O2S. The lowest BCUT2D eigenvalue weighted by Crippen LogP contribution is -1.93. The maximum atomic E-state index is 5.42. The van der Waals surface area contributed by atoms with Crippen LogP contribution in [0.3, 0.4) is 0 Å². The van der Waals surface area contributed by atoms with Crippen LogP contribution in [0.25, 0.3) is 0 Å². The highest BCUT2D eigenvalue weighted by molar-refractivity contribution is 9.10. The molecule has 21 heavy (non-hydrogen) atoms. The van der Waals surface area contributed by atoms with E-state index in [2.05, 4.69) is 44.0 Å². The number of methoxy groups -OCH3 is 2. The molecule has 0 fully saturated rings. The van der Waals surface area contributed by atoms with Gasteiger partial charge in [-0.05, 0) is 24.3 Å². The molecule has 0 aliphatic rings. The van der Waals surface area contributed by atoms with Crippen molar-refractivity contribution in [2.75, 3.05) is 14.2 Å². The van der Waals surface area contributed by atoms with Crippen molar-refractivity contribution in [1.82, 2.24) is 0 Å². The Hall–Kier alpha value is -0.650. The molecule has 112 valence electrons. The molecule has 0 bridgehead atoms. The molecule has 0 unspecified atom stereocenters. The molecule has 0 aliphatic carbocycles. The number of ether oxygens (including phenoxy) is 2. The van der Waals surface area contributed by atoms with Gasteiger partial charge in [-0.2, -0.15) is 11.8 Å². The fourth-order valence-electron chi connectivity index (χ4n) is 1.95. The first-order valence-corrected chi connectivity index (χ1v) is 9.10. The zero-order valence-electron chi connectivity index (χ0n) is 11.9. The van der Waals surface area contributed by atoms with Gasteiger partial charge in [0.1, 0.15) is 11.5 Å². The van der Waals surface area contributed by atoms with Crippen LogP contribution in [0.4, 0.5) is 0 Å². The summed E-state index contributed by atoms with van der Waals surface area (Å²) < 4.78 is 12.9. The predicted molar refractivity (Wildman–Crippen MR) is 96.4 cm³/mol. The normalized spacial score (nSPS) is 10.5. The minimum absolute atomic E-state index is 0.898. The monoisotopic (exact) mass is 430 g/mol. The van der Waals surface area contributed by atoms with E-state index in [4.69, 9.17) is 9.47 Å². The lowest BCUT2D eigenvalue weighted by molar-refractivity contribution is 0.411. The van der Waals surface area contributed by atoms with Crippen LogP contribution in [-0.2, 0) is 11.5 Å². The van der Waals surface area contributed by atoms with Crippen molar-refractivity contribution >= 4 is 43.6 Å². The van der Waals surface area contributed by atoms with Crippen molar-refractivity contribution in [3.63, 3.8) is 0 Å². The third-order valence-electron chi connectivity index (χ3n) is 3.01. The Morgan fingerprint density at radius 1 is 0.810 bits per heavy atom. The molecule has 2 nitrogen and oxygen atoms in total. The first kappa shape index (κ1) is 16.7. The standard InChI is InChI=1S/C16H16Br2O2S/c1-19-15-7-13(17)5-3-11(15)9-21-10-12-4-6-14(18)8-16(12)20-2/h3-8H,9-10H2,1-2H3. The lowest BCUT2D eigenvalue weighted by atomic mass is 10.2. The van der Waals surface area contributed by atoms with Crippen LogP contribution in [0.5, 0.6) is 11.5 Å². The van der Waals surface area contributed by atoms with Crippen LogP contribution in [0.15, 0.2) is 45.3 Å². The van der Waals surface area contributed by atoms with E-state index in [0.29, 0.717) is 0 Å². The molecule has 0 saturated heterocycles. The van der Waals surface area contributed by atoms with E-state index in [1.807, 2.05) is 36.0 Å². The summed E-state index contributed by atoms with van der Waals surface area (Å²) in [4.78, 5) is 0. The fourth-order valence-corrected chi connectivity index (χ4v) is 3.65. The summed E-state index contributed by atoms with van der Waals surface area (Å²) in [5, 5.41) is 0. The van der Waals surface area contributed by atoms with E-state index in [1.165, 1.54) is 11.1 Å². The van der Waals surface area contributed by atoms with Gasteiger partial charge in [0.25, 0.3) is 0 Å². The zero-order valence-corrected chi connectivity index (χ0v) is 15.8. The van der Waals surface area contributed by atoms with Gasteiger partial charge in [0.2, 0.25) is 0 Å². The number of rotatable bonds is 6. The molecular weight excluding hydrogens is 416 g/mol. The van der Waals surface area contributed by atoms with Crippen LogP contribution in [0, 0.1) is 0 Å². The largest absolute Gasteiger partial charge is 0.496 e. The highest BCUT2D eigenvalue weighted by Gasteiger charge is 2.07. The van der Waals surface area contributed by atoms with Crippen molar-refractivity contribution in [1.29, 1.82) is 0 Å². The van der Waals surface area contributed by atoms with Crippen molar-refractivity contribution in [3.8, 4) is 11.5 Å². The van der Waals surface area contributed by atoms with Crippen molar-refractivity contribution in [2.24, 2.45) is 0 Å². The van der Waals surface area contributed by atoms with Crippen molar-refractivity contribution in [3.05, 3.63) is 56.5 Å². The third-order valence-corrected chi connectivity index (χ3v) is 5.03. The van der Waals surface area contributed by atoms with Crippen LogP contribution in [0.1, 0.15) is 11.1 Å². The minimum Gasteiger partial charge on any atom is -0.496 e. The Kier molecular flexibility index (Phi) is 6.45. The van der Waals surface area contributed by atoms with E-state index < -0.39 is 0 Å². The average molecular weight is 432 g/mol. The molecule has 0 radical (unpaired) electrons. The van der Waals surface area contributed by atoms with Gasteiger partial charge in [0.15, 0.2) is 0 Å². The molecule has 2 aromatic rings. The Labute approximate surface area is 146 Å². The van der Waals surface area contributed by atoms with Gasteiger partial charge in [-0.1, -0.05) is 44.0 Å². The SMILES string of the molecule is COc1cc(Br)ccc1CSCc1ccc(Br)cc1OC. The van der Waals surface area contributed by atoms with Crippen LogP contribution >= 0.6 is 43.6 Å². The Morgan fingerprint density at radius 2 is 1.24 bits per heavy atom. The maximum absolute atomic E-state index is 5.42. The number of halogens is 2. The van der Waals surface area contributed by atoms with Gasteiger partial charge in [0.05, 0.1) is 14.2 Å². The van der Waals surface area contributed by atoms with Gasteiger partial charge in [-0.3, -0.25) is 0 Å². The second-order valence-electron chi connectivity index (χ2n) is 4.41. The fraction of sp³-hybridized carbons (Fsp3) is 0.250. The van der Waals surface area contributed by atoms with E-state index in [1.54, 1.807) is 14.2 Å². The summed E-state index contributed by atoms with van der Waals surface area (Å²) in [5.74, 6) is 3.63. The topological polar surface area (TPSA) is 18.5 Å². The summed E-state index contributed by atoms with van der Waals surface area (Å²) in [6.45, 7) is 0. The zero-order chi connectivity index (χ0) is 15.2. The van der Waals surface area contributed by atoms with Gasteiger partial charge in [0, 0.05) is 31.6 Å². The molecule has 2 aromatic carbocycles. The average Bonchev–Trinajstić information content (AvgIpc) is 2.49. The smallest absolute Gasteiger partial charge is 0.124 e. The van der Waals surface area contributed by atoms with E-state index in [0.717, 1.165) is 32.0 Å². The summed E-state index contributed by atoms with van der Waals surface area (Å²) >= 11 is 8.76. The highest BCUT2D eigenvalue weighted by Crippen LogP contribution is 2.31. The van der Waals surface area contributed by atoms with Crippen LogP contribution in [-0.4, -0.2) is 14.2 Å². The van der Waals surface area contributed by atoms with E-state index in [9.17, 15) is 0 Å². The Morgan fingerprint density at radius 3 is 1.62 bits per heavy atom. The molecule has 0 atom stereocenters. The third kappa shape index (κ3) is 4.66. The Bertz CT molecular complexity index is 564.